The fourth-order valence-electron chi connectivity index (χ4n) is 7.63. The molecule has 2 heterocycles. The molecule has 4 heteroatoms. The number of hydrogen-bond donors (Lipinski definition) is 0. The van der Waals surface area contributed by atoms with E-state index in [1.165, 1.54) is 75.5 Å². The van der Waals surface area contributed by atoms with Gasteiger partial charge < -0.3 is 9.31 Å². The number of hydrogen-bond acceptors (Lipinski definition) is 3. The fourth-order valence-corrected chi connectivity index (χ4v) is 9.05. The fraction of sp³-hybridized carbons (Fsp3) is 0.182. The SMILES string of the molecule is CC1(C)OB(c2cccc3c(-c4ccc5c(c4)C=CCC5)c(-c4c5ccccc5c(-c5ccccc5)c5ccccc45)sc23)OC1(C)C. The summed E-state index contributed by atoms with van der Waals surface area (Å²) in [4.78, 5) is 1.28. The van der Waals surface area contributed by atoms with Gasteiger partial charge in [-0.05, 0) is 96.0 Å². The second-order valence-corrected chi connectivity index (χ2v) is 15.2. The lowest BCUT2D eigenvalue weighted by Crippen LogP contribution is -2.41. The highest BCUT2D eigenvalue weighted by molar-refractivity contribution is 7.24. The first-order chi connectivity index (χ1) is 23.3. The number of benzene rings is 6. The van der Waals surface area contributed by atoms with Crippen LogP contribution in [-0.2, 0) is 15.7 Å². The molecule has 9 rings (SSSR count). The Morgan fingerprint density at radius 2 is 1.19 bits per heavy atom. The Balaban J connectivity index is 1.39. The van der Waals surface area contributed by atoms with Crippen LogP contribution in [0.5, 0.6) is 0 Å². The highest BCUT2D eigenvalue weighted by Crippen LogP contribution is 2.51. The number of allylic oxidation sites excluding steroid dienone is 1. The second kappa shape index (κ2) is 11.0. The van der Waals surface area contributed by atoms with Crippen LogP contribution >= 0.6 is 11.3 Å². The van der Waals surface area contributed by atoms with Crippen LogP contribution in [0.1, 0.15) is 45.2 Å². The van der Waals surface area contributed by atoms with Crippen molar-refractivity contribution >= 4 is 61.6 Å². The number of rotatable bonds is 4. The number of thiophene rings is 1. The van der Waals surface area contributed by atoms with Crippen LogP contribution in [0.3, 0.4) is 0 Å². The minimum atomic E-state index is -0.446. The van der Waals surface area contributed by atoms with Crippen molar-refractivity contribution in [3.8, 4) is 32.7 Å². The Morgan fingerprint density at radius 1 is 0.583 bits per heavy atom. The van der Waals surface area contributed by atoms with Crippen molar-refractivity contribution in [3.63, 3.8) is 0 Å². The molecule has 1 aromatic heterocycles. The third-order valence-corrected chi connectivity index (χ3v) is 12.1. The van der Waals surface area contributed by atoms with Crippen LogP contribution in [-0.4, -0.2) is 18.3 Å². The van der Waals surface area contributed by atoms with Gasteiger partial charge in [-0.3, -0.25) is 0 Å². The largest absolute Gasteiger partial charge is 0.496 e. The molecule has 48 heavy (non-hydrogen) atoms. The van der Waals surface area contributed by atoms with Crippen LogP contribution in [0.2, 0.25) is 0 Å². The van der Waals surface area contributed by atoms with Gasteiger partial charge in [0.1, 0.15) is 0 Å². The van der Waals surface area contributed by atoms with Crippen molar-refractivity contribution in [1.82, 2.24) is 0 Å². The zero-order valence-electron chi connectivity index (χ0n) is 27.8. The molecule has 0 amide bonds. The zero-order chi connectivity index (χ0) is 32.6. The van der Waals surface area contributed by atoms with Crippen molar-refractivity contribution in [2.45, 2.75) is 51.7 Å². The molecule has 0 bridgehead atoms. The highest BCUT2D eigenvalue weighted by Gasteiger charge is 2.52. The van der Waals surface area contributed by atoms with E-state index in [0.717, 1.165) is 18.3 Å². The summed E-state index contributed by atoms with van der Waals surface area (Å²) in [7, 11) is -0.446. The van der Waals surface area contributed by atoms with Crippen LogP contribution in [0.25, 0.3) is 70.4 Å². The maximum Gasteiger partial charge on any atom is 0.496 e. The summed E-state index contributed by atoms with van der Waals surface area (Å²) in [5, 5.41) is 6.29. The first-order valence-corrected chi connectivity index (χ1v) is 17.8. The Labute approximate surface area is 286 Å². The molecule has 0 unspecified atom stereocenters. The summed E-state index contributed by atoms with van der Waals surface area (Å²) in [6, 6.07) is 42.5. The average molecular weight is 641 g/mol. The summed E-state index contributed by atoms with van der Waals surface area (Å²) in [5.74, 6) is 0. The van der Waals surface area contributed by atoms with E-state index < -0.39 is 18.3 Å². The molecule has 1 fully saturated rings. The smallest absolute Gasteiger partial charge is 0.399 e. The molecule has 0 radical (unpaired) electrons. The van der Waals surface area contributed by atoms with Crippen molar-refractivity contribution in [1.29, 1.82) is 0 Å². The Kier molecular flexibility index (Phi) is 6.81. The first kappa shape index (κ1) is 29.6. The molecular formula is C44H37BO2S. The van der Waals surface area contributed by atoms with Gasteiger partial charge in [0, 0.05) is 31.6 Å². The molecule has 2 aliphatic rings. The monoisotopic (exact) mass is 640 g/mol. The quantitative estimate of drug-likeness (QED) is 0.141. The maximum absolute atomic E-state index is 6.67. The molecule has 0 spiro atoms. The average Bonchev–Trinajstić information content (AvgIpc) is 3.59. The standard InChI is InChI=1S/C44H37BO2S/c1-43(2)44(3,4)47-45(46-43)37-24-14-23-36-39(31-26-25-28-15-8-9-18-30(28)27-31)42(48-41(36)37)40-34-21-12-10-19-32(34)38(29-16-6-5-7-17-29)33-20-11-13-22-35(33)40/h5-7,9-14,16-27H,8,15H2,1-4H3. The molecule has 1 saturated heterocycles. The van der Waals surface area contributed by atoms with Crippen molar-refractivity contribution in [2.24, 2.45) is 0 Å². The minimum absolute atomic E-state index is 0.423. The molecule has 1 aliphatic heterocycles. The van der Waals surface area contributed by atoms with Crippen molar-refractivity contribution < 1.29 is 9.31 Å². The summed E-state index contributed by atoms with van der Waals surface area (Å²) in [6.45, 7) is 8.52. The maximum atomic E-state index is 6.67. The van der Waals surface area contributed by atoms with E-state index in [4.69, 9.17) is 9.31 Å². The molecule has 6 aromatic carbocycles. The van der Waals surface area contributed by atoms with Gasteiger partial charge in [-0.25, -0.2) is 0 Å². The van der Waals surface area contributed by atoms with Gasteiger partial charge >= 0.3 is 7.12 Å². The number of fused-ring (bicyclic) bond motifs is 4. The second-order valence-electron chi connectivity index (χ2n) is 14.2. The van der Waals surface area contributed by atoms with Crippen molar-refractivity contribution in [3.05, 3.63) is 132 Å². The molecule has 0 N–H and O–H groups in total. The molecule has 1 aliphatic carbocycles. The summed E-state index contributed by atoms with van der Waals surface area (Å²) >= 11 is 1.88. The van der Waals surface area contributed by atoms with Gasteiger partial charge in [0.2, 0.25) is 0 Å². The van der Waals surface area contributed by atoms with Gasteiger partial charge in [-0.1, -0.05) is 121 Å². The Bertz CT molecular complexity index is 2340. The first-order valence-electron chi connectivity index (χ1n) is 17.0. The van der Waals surface area contributed by atoms with E-state index in [1.807, 2.05) is 11.3 Å². The molecule has 7 aromatic rings. The zero-order valence-corrected chi connectivity index (χ0v) is 28.7. The van der Waals surface area contributed by atoms with E-state index in [1.54, 1.807) is 0 Å². The molecule has 2 nitrogen and oxygen atoms in total. The van der Waals surface area contributed by atoms with Crippen LogP contribution in [0.4, 0.5) is 0 Å². The van der Waals surface area contributed by atoms with Gasteiger partial charge in [-0.2, -0.15) is 0 Å². The van der Waals surface area contributed by atoms with E-state index in [2.05, 4.69) is 155 Å². The molecule has 0 saturated carbocycles. The predicted octanol–water partition coefficient (Wildman–Crippen LogP) is 11.5. The summed E-state index contributed by atoms with van der Waals surface area (Å²) < 4.78 is 14.6. The molecule has 234 valence electrons. The van der Waals surface area contributed by atoms with Crippen LogP contribution < -0.4 is 5.46 Å². The molecule has 0 atom stereocenters. The normalized spacial score (nSPS) is 16.6. The van der Waals surface area contributed by atoms with Gasteiger partial charge in [0.25, 0.3) is 0 Å². The third kappa shape index (κ3) is 4.54. The van der Waals surface area contributed by atoms with Gasteiger partial charge in [0.05, 0.1) is 11.2 Å². The lowest BCUT2D eigenvalue weighted by atomic mass is 9.78. The predicted molar refractivity (Wildman–Crippen MR) is 206 cm³/mol. The Hall–Kier alpha value is -4.48. The molecular weight excluding hydrogens is 603 g/mol. The summed E-state index contributed by atoms with van der Waals surface area (Å²) in [5.41, 5.74) is 9.30. The summed E-state index contributed by atoms with van der Waals surface area (Å²) in [6.07, 6.45) is 6.79. The van der Waals surface area contributed by atoms with Crippen LogP contribution in [0, 0.1) is 0 Å². The van der Waals surface area contributed by atoms with Crippen molar-refractivity contribution in [2.75, 3.05) is 0 Å². The highest BCUT2D eigenvalue weighted by atomic mass is 32.1. The van der Waals surface area contributed by atoms with E-state index in [-0.39, 0.29) is 0 Å². The van der Waals surface area contributed by atoms with E-state index >= 15 is 0 Å². The van der Waals surface area contributed by atoms with E-state index in [9.17, 15) is 0 Å². The lowest BCUT2D eigenvalue weighted by molar-refractivity contribution is 0.00578. The number of aryl methyl sites for hydroxylation is 1. The van der Waals surface area contributed by atoms with Gasteiger partial charge in [-0.15, -0.1) is 11.3 Å². The Morgan fingerprint density at radius 3 is 1.85 bits per heavy atom. The minimum Gasteiger partial charge on any atom is -0.399 e. The van der Waals surface area contributed by atoms with Gasteiger partial charge in [0.15, 0.2) is 0 Å². The van der Waals surface area contributed by atoms with Crippen LogP contribution in [0.15, 0.2) is 121 Å². The van der Waals surface area contributed by atoms with E-state index in [0.29, 0.717) is 0 Å². The lowest BCUT2D eigenvalue weighted by Gasteiger charge is -2.32. The third-order valence-electron chi connectivity index (χ3n) is 10.8. The topological polar surface area (TPSA) is 18.5 Å².